The summed E-state index contributed by atoms with van der Waals surface area (Å²) in [6, 6.07) is 9.09. The van der Waals surface area contributed by atoms with Gasteiger partial charge in [0.15, 0.2) is 0 Å². The van der Waals surface area contributed by atoms with E-state index in [9.17, 15) is 9.59 Å². The van der Waals surface area contributed by atoms with Crippen molar-refractivity contribution < 1.29 is 9.59 Å². The maximum atomic E-state index is 12.6. The Balaban J connectivity index is 1.99. The van der Waals surface area contributed by atoms with Gasteiger partial charge in [-0.1, -0.05) is 12.1 Å². The van der Waals surface area contributed by atoms with Crippen molar-refractivity contribution >= 4 is 23.2 Å². The van der Waals surface area contributed by atoms with E-state index in [-0.39, 0.29) is 11.8 Å². The van der Waals surface area contributed by atoms with Gasteiger partial charge in [-0.3, -0.25) is 14.6 Å². The number of aromatic nitrogens is 1. The van der Waals surface area contributed by atoms with Gasteiger partial charge in [0, 0.05) is 31.4 Å². The number of carbonyl (C=O) groups is 2. The molecular weight excluding hydrogens is 266 g/mol. The molecule has 1 aromatic heterocycles. The highest BCUT2D eigenvalue weighted by Crippen LogP contribution is 2.36. The van der Waals surface area contributed by atoms with Gasteiger partial charge in [-0.05, 0) is 30.2 Å². The molecule has 0 bridgehead atoms. The summed E-state index contributed by atoms with van der Waals surface area (Å²) in [5.74, 6) is -0.222. The molecule has 1 N–H and O–H groups in total. The molecule has 5 nitrogen and oxygen atoms in total. The first-order valence-electron chi connectivity index (χ1n) is 6.78. The first kappa shape index (κ1) is 13.3. The van der Waals surface area contributed by atoms with Gasteiger partial charge in [-0.2, -0.15) is 0 Å². The minimum atomic E-state index is -0.147. The lowest BCUT2D eigenvalue weighted by atomic mass is 10.1. The van der Waals surface area contributed by atoms with Crippen LogP contribution in [0.4, 0.5) is 11.4 Å². The van der Waals surface area contributed by atoms with Gasteiger partial charge in [0.25, 0.3) is 5.91 Å². The largest absolute Gasteiger partial charge is 0.325 e. The molecule has 1 aromatic carbocycles. The van der Waals surface area contributed by atoms with E-state index >= 15 is 0 Å². The number of fused-ring (bicyclic) bond motifs is 1. The van der Waals surface area contributed by atoms with Crippen LogP contribution in [-0.2, 0) is 11.2 Å². The Labute approximate surface area is 122 Å². The molecule has 106 valence electrons. The number of hydrogen-bond acceptors (Lipinski definition) is 3. The highest BCUT2D eigenvalue weighted by Gasteiger charge is 2.28. The third-order valence-electron chi connectivity index (χ3n) is 3.48. The third kappa shape index (κ3) is 2.50. The molecule has 0 spiro atoms. The molecule has 2 aromatic rings. The molecule has 0 saturated heterocycles. The molecule has 0 unspecified atom stereocenters. The number of carbonyl (C=O) groups excluding carboxylic acids is 2. The lowest BCUT2D eigenvalue weighted by molar-refractivity contribution is -0.114. The average Bonchev–Trinajstić information content (AvgIpc) is 2.92. The fourth-order valence-corrected chi connectivity index (χ4v) is 2.60. The van der Waals surface area contributed by atoms with Crippen LogP contribution < -0.4 is 10.2 Å². The molecule has 0 saturated carbocycles. The Morgan fingerprint density at radius 2 is 1.95 bits per heavy atom. The van der Waals surface area contributed by atoms with Gasteiger partial charge in [0.1, 0.15) is 0 Å². The maximum Gasteiger partial charge on any atom is 0.258 e. The number of anilines is 2. The first-order chi connectivity index (χ1) is 10.2. The van der Waals surface area contributed by atoms with Crippen molar-refractivity contribution in [1.82, 2.24) is 4.98 Å². The predicted molar refractivity (Wildman–Crippen MR) is 80.4 cm³/mol. The molecule has 0 atom stereocenters. The number of amides is 2. The Morgan fingerprint density at radius 1 is 1.19 bits per heavy atom. The Kier molecular flexibility index (Phi) is 3.39. The molecule has 1 aliphatic heterocycles. The molecule has 2 amide bonds. The molecule has 0 aliphatic carbocycles. The monoisotopic (exact) mass is 281 g/mol. The number of hydrogen-bond donors (Lipinski definition) is 1. The standard InChI is InChI=1S/C16H15N3O2/c1-11(20)18-14-4-2-3-12-7-10-19(15(12)14)16(21)13-5-8-17-9-6-13/h2-6,8-9H,7,10H2,1H3,(H,18,20). The first-order valence-corrected chi connectivity index (χ1v) is 6.78. The van der Waals surface area contributed by atoms with E-state index in [2.05, 4.69) is 10.3 Å². The van der Waals surface area contributed by atoms with Crippen LogP contribution in [0.3, 0.4) is 0 Å². The predicted octanol–water partition coefficient (Wildman–Crippen LogP) is 2.24. The number of nitrogens with zero attached hydrogens (tertiary/aromatic N) is 2. The minimum absolute atomic E-state index is 0.0750. The van der Waals surface area contributed by atoms with Crippen LogP contribution in [0.2, 0.25) is 0 Å². The highest BCUT2D eigenvalue weighted by atomic mass is 16.2. The fourth-order valence-electron chi connectivity index (χ4n) is 2.60. The van der Waals surface area contributed by atoms with Gasteiger partial charge in [0.05, 0.1) is 11.4 Å². The zero-order valence-electron chi connectivity index (χ0n) is 11.7. The fraction of sp³-hybridized carbons (Fsp3) is 0.188. The van der Waals surface area contributed by atoms with Crippen molar-refractivity contribution in [2.45, 2.75) is 13.3 Å². The Hall–Kier alpha value is -2.69. The summed E-state index contributed by atoms with van der Waals surface area (Å²) in [6.07, 6.45) is 3.99. The summed E-state index contributed by atoms with van der Waals surface area (Å²) in [6.45, 7) is 2.08. The molecule has 2 heterocycles. The summed E-state index contributed by atoms with van der Waals surface area (Å²) in [5, 5.41) is 2.80. The molecule has 5 heteroatoms. The summed E-state index contributed by atoms with van der Waals surface area (Å²) in [5.41, 5.74) is 3.15. The van der Waals surface area contributed by atoms with Gasteiger partial charge >= 0.3 is 0 Å². The summed E-state index contributed by atoms with van der Waals surface area (Å²) in [7, 11) is 0. The number of benzene rings is 1. The number of para-hydroxylation sites is 1. The smallest absolute Gasteiger partial charge is 0.258 e. The molecule has 1 aliphatic rings. The van der Waals surface area contributed by atoms with Gasteiger partial charge in [-0.25, -0.2) is 0 Å². The molecule has 0 radical (unpaired) electrons. The summed E-state index contributed by atoms with van der Waals surface area (Å²) in [4.78, 5) is 29.6. The third-order valence-corrected chi connectivity index (χ3v) is 3.48. The lowest BCUT2D eigenvalue weighted by Gasteiger charge is -2.20. The van der Waals surface area contributed by atoms with Gasteiger partial charge < -0.3 is 10.2 Å². The van der Waals surface area contributed by atoms with Crippen molar-refractivity contribution in [2.24, 2.45) is 0 Å². The van der Waals surface area contributed by atoms with Crippen LogP contribution in [0.5, 0.6) is 0 Å². The van der Waals surface area contributed by atoms with Crippen molar-refractivity contribution in [2.75, 3.05) is 16.8 Å². The highest BCUT2D eigenvalue weighted by molar-refractivity contribution is 6.10. The molecule has 3 rings (SSSR count). The van der Waals surface area contributed by atoms with E-state index in [1.54, 1.807) is 29.4 Å². The van der Waals surface area contributed by atoms with Crippen LogP contribution in [0.15, 0.2) is 42.7 Å². The van der Waals surface area contributed by atoms with Crippen molar-refractivity contribution in [1.29, 1.82) is 0 Å². The van der Waals surface area contributed by atoms with Crippen molar-refractivity contribution in [3.63, 3.8) is 0 Å². The zero-order chi connectivity index (χ0) is 14.8. The van der Waals surface area contributed by atoms with Crippen LogP contribution in [0, 0.1) is 0 Å². The Morgan fingerprint density at radius 3 is 2.67 bits per heavy atom. The van der Waals surface area contributed by atoms with Crippen LogP contribution >= 0.6 is 0 Å². The zero-order valence-corrected chi connectivity index (χ0v) is 11.7. The number of pyridine rings is 1. The van der Waals surface area contributed by atoms with E-state index in [4.69, 9.17) is 0 Å². The second-order valence-corrected chi connectivity index (χ2v) is 4.94. The van der Waals surface area contributed by atoms with E-state index in [1.807, 2.05) is 18.2 Å². The second kappa shape index (κ2) is 5.36. The maximum absolute atomic E-state index is 12.6. The number of nitrogens with one attached hydrogen (secondary N) is 1. The van der Waals surface area contributed by atoms with Crippen LogP contribution in [-0.4, -0.2) is 23.3 Å². The van der Waals surface area contributed by atoms with E-state index in [1.165, 1.54) is 6.92 Å². The normalized spacial score (nSPS) is 12.9. The van der Waals surface area contributed by atoms with Crippen LogP contribution in [0.1, 0.15) is 22.8 Å². The van der Waals surface area contributed by atoms with Gasteiger partial charge in [0.2, 0.25) is 5.91 Å². The summed E-state index contributed by atoms with van der Waals surface area (Å²) >= 11 is 0. The second-order valence-electron chi connectivity index (χ2n) is 4.94. The van der Waals surface area contributed by atoms with E-state index in [0.717, 1.165) is 17.7 Å². The molecular formula is C16H15N3O2. The Bertz CT molecular complexity index is 698. The quantitative estimate of drug-likeness (QED) is 0.918. The van der Waals surface area contributed by atoms with Crippen molar-refractivity contribution in [3.05, 3.63) is 53.9 Å². The topological polar surface area (TPSA) is 62.3 Å². The molecule has 0 fully saturated rings. The lowest BCUT2D eigenvalue weighted by Crippen LogP contribution is -2.29. The number of rotatable bonds is 2. The minimum Gasteiger partial charge on any atom is -0.325 e. The molecule has 21 heavy (non-hydrogen) atoms. The SMILES string of the molecule is CC(=O)Nc1cccc2c1N(C(=O)c1ccncc1)CC2. The van der Waals surface area contributed by atoms with Crippen LogP contribution in [0.25, 0.3) is 0 Å². The summed E-state index contributed by atoms with van der Waals surface area (Å²) < 4.78 is 0. The van der Waals surface area contributed by atoms with Gasteiger partial charge in [-0.15, -0.1) is 0 Å². The van der Waals surface area contributed by atoms with Crippen molar-refractivity contribution in [3.8, 4) is 0 Å². The average molecular weight is 281 g/mol. The van der Waals surface area contributed by atoms with E-state index < -0.39 is 0 Å². The van der Waals surface area contributed by atoms with E-state index in [0.29, 0.717) is 17.8 Å².